The summed E-state index contributed by atoms with van der Waals surface area (Å²) in [5.74, 6) is -0.448. The molecular weight excluding hydrogens is 208 g/mol. The summed E-state index contributed by atoms with van der Waals surface area (Å²) in [6.45, 7) is 1.70. The van der Waals surface area contributed by atoms with Gasteiger partial charge in [0.15, 0.2) is 6.61 Å². The number of hydrogen-bond donors (Lipinski definition) is 0. The van der Waals surface area contributed by atoms with Gasteiger partial charge in [0.2, 0.25) is 0 Å². The molecule has 1 heterocycles. The molecule has 0 aromatic heterocycles. The fourth-order valence-corrected chi connectivity index (χ4v) is 1.62. The lowest BCUT2D eigenvalue weighted by atomic mass is 9.97. The quantitative estimate of drug-likeness (QED) is 0.636. The predicted octanol–water partition coefficient (Wildman–Crippen LogP) is -0.0404. The number of hydrogen-bond acceptors (Lipinski definition) is 4. The van der Waals surface area contributed by atoms with Crippen LogP contribution in [-0.2, 0) is 14.3 Å². The topological polar surface area (TPSA) is 49.9 Å². The van der Waals surface area contributed by atoms with Crippen LogP contribution in [0.15, 0.2) is 0 Å². The van der Waals surface area contributed by atoms with Gasteiger partial charge in [0, 0.05) is 14.1 Å². The maximum absolute atomic E-state index is 11.6. The number of ether oxygens (including phenoxy) is 1. The number of carbonyl (C=O) groups excluding carboxylic acids is 2. The first-order valence-corrected chi connectivity index (χ1v) is 5.56. The smallest absolute Gasteiger partial charge is 0.309 e. The summed E-state index contributed by atoms with van der Waals surface area (Å²) in [5.41, 5.74) is 0. The molecule has 16 heavy (non-hydrogen) atoms. The van der Waals surface area contributed by atoms with Crippen molar-refractivity contribution >= 4 is 11.9 Å². The van der Waals surface area contributed by atoms with Crippen LogP contribution >= 0.6 is 0 Å². The lowest BCUT2D eigenvalue weighted by Crippen LogP contribution is -2.35. The molecule has 92 valence electrons. The van der Waals surface area contributed by atoms with Gasteiger partial charge in [-0.1, -0.05) is 0 Å². The number of nitrogens with zero attached hydrogens (tertiary/aromatic N) is 2. The molecule has 1 saturated heterocycles. The Kier molecular flexibility index (Phi) is 4.73. The monoisotopic (exact) mass is 228 g/mol. The third kappa shape index (κ3) is 3.81. The number of amides is 1. The lowest BCUT2D eigenvalue weighted by Gasteiger charge is -2.27. The third-order valence-corrected chi connectivity index (χ3v) is 2.89. The maximum atomic E-state index is 11.6. The molecule has 1 aliphatic heterocycles. The van der Waals surface area contributed by atoms with E-state index in [9.17, 15) is 9.59 Å². The van der Waals surface area contributed by atoms with Gasteiger partial charge in [0.05, 0.1) is 5.92 Å². The van der Waals surface area contributed by atoms with Crippen LogP contribution < -0.4 is 0 Å². The third-order valence-electron chi connectivity index (χ3n) is 2.89. The second-order valence-corrected chi connectivity index (χ2v) is 4.47. The minimum atomic E-state index is -0.233. The van der Waals surface area contributed by atoms with Crippen LogP contribution in [0.3, 0.4) is 0 Å². The summed E-state index contributed by atoms with van der Waals surface area (Å²) in [4.78, 5) is 26.5. The number of rotatable bonds is 3. The Hall–Kier alpha value is -1.10. The van der Waals surface area contributed by atoms with Crippen molar-refractivity contribution in [3.8, 4) is 0 Å². The minimum absolute atomic E-state index is 0.0360. The molecule has 0 aromatic carbocycles. The van der Waals surface area contributed by atoms with Gasteiger partial charge < -0.3 is 14.5 Å². The van der Waals surface area contributed by atoms with Crippen LogP contribution in [0.4, 0.5) is 0 Å². The Morgan fingerprint density at radius 2 is 1.88 bits per heavy atom. The molecule has 0 saturated carbocycles. The van der Waals surface area contributed by atoms with Gasteiger partial charge in [0.1, 0.15) is 0 Å². The molecule has 1 amide bonds. The molecule has 0 aliphatic carbocycles. The van der Waals surface area contributed by atoms with E-state index in [1.807, 2.05) is 7.05 Å². The van der Waals surface area contributed by atoms with Gasteiger partial charge in [-0.05, 0) is 33.0 Å². The Bertz CT molecular complexity index is 258. The summed E-state index contributed by atoms with van der Waals surface area (Å²) < 4.78 is 4.99. The Balaban J connectivity index is 2.27. The molecular formula is C11H20N2O3. The summed E-state index contributed by atoms with van der Waals surface area (Å²) >= 11 is 0. The average molecular weight is 228 g/mol. The fraction of sp³-hybridized carbons (Fsp3) is 0.818. The van der Waals surface area contributed by atoms with Crippen LogP contribution in [0.1, 0.15) is 12.8 Å². The van der Waals surface area contributed by atoms with E-state index < -0.39 is 0 Å². The van der Waals surface area contributed by atoms with Crippen LogP contribution in [0.25, 0.3) is 0 Å². The first kappa shape index (κ1) is 13.0. The van der Waals surface area contributed by atoms with Gasteiger partial charge in [-0.15, -0.1) is 0 Å². The Morgan fingerprint density at radius 1 is 1.31 bits per heavy atom. The van der Waals surface area contributed by atoms with Gasteiger partial charge in [-0.25, -0.2) is 0 Å². The summed E-state index contributed by atoms with van der Waals surface area (Å²) in [5, 5.41) is 0. The molecule has 0 atom stereocenters. The Morgan fingerprint density at radius 3 is 2.38 bits per heavy atom. The second kappa shape index (κ2) is 5.84. The molecule has 0 radical (unpaired) electrons. The van der Waals surface area contributed by atoms with Gasteiger partial charge in [-0.3, -0.25) is 9.59 Å². The standard InChI is InChI=1S/C11H20N2O3/c1-12(2)10(14)8-16-11(15)9-4-6-13(3)7-5-9/h9H,4-8H2,1-3H3. The van der Waals surface area contributed by atoms with E-state index in [1.165, 1.54) is 4.90 Å². The van der Waals surface area contributed by atoms with Crippen molar-refractivity contribution in [1.29, 1.82) is 0 Å². The second-order valence-electron chi connectivity index (χ2n) is 4.47. The zero-order valence-corrected chi connectivity index (χ0v) is 10.2. The molecule has 0 unspecified atom stereocenters. The highest BCUT2D eigenvalue weighted by atomic mass is 16.5. The maximum Gasteiger partial charge on any atom is 0.309 e. The summed E-state index contributed by atoms with van der Waals surface area (Å²) in [6.07, 6.45) is 1.65. The van der Waals surface area contributed by atoms with Gasteiger partial charge in [-0.2, -0.15) is 0 Å². The summed E-state index contributed by atoms with van der Waals surface area (Å²) in [6, 6.07) is 0. The zero-order chi connectivity index (χ0) is 12.1. The van der Waals surface area contributed by atoms with E-state index in [1.54, 1.807) is 14.1 Å². The molecule has 0 bridgehead atoms. The van der Waals surface area contributed by atoms with E-state index in [0.29, 0.717) is 0 Å². The average Bonchev–Trinajstić information content (AvgIpc) is 2.26. The number of carbonyl (C=O) groups is 2. The number of piperidine rings is 1. The molecule has 0 spiro atoms. The molecule has 5 nitrogen and oxygen atoms in total. The van der Waals surface area contributed by atoms with E-state index in [0.717, 1.165) is 25.9 Å². The number of likely N-dealkylation sites (N-methyl/N-ethyl adjacent to an activating group) is 1. The van der Waals surface area contributed by atoms with Gasteiger partial charge in [0.25, 0.3) is 5.91 Å². The molecule has 1 fully saturated rings. The highest BCUT2D eigenvalue weighted by molar-refractivity contribution is 5.81. The predicted molar refractivity (Wildman–Crippen MR) is 59.9 cm³/mol. The fourth-order valence-electron chi connectivity index (χ4n) is 1.62. The normalized spacial score (nSPS) is 18.2. The molecule has 0 aromatic rings. The van der Waals surface area contributed by atoms with Crippen LogP contribution in [0, 0.1) is 5.92 Å². The van der Waals surface area contributed by atoms with Crippen molar-refractivity contribution in [3.05, 3.63) is 0 Å². The Labute approximate surface area is 96.3 Å². The molecule has 1 aliphatic rings. The zero-order valence-electron chi connectivity index (χ0n) is 10.2. The largest absolute Gasteiger partial charge is 0.455 e. The highest BCUT2D eigenvalue weighted by Crippen LogP contribution is 2.17. The molecule has 1 rings (SSSR count). The number of esters is 1. The lowest BCUT2D eigenvalue weighted by molar-refractivity contribution is -0.155. The molecule has 5 heteroatoms. The first-order valence-electron chi connectivity index (χ1n) is 5.56. The van der Waals surface area contributed by atoms with Crippen LogP contribution in [0.5, 0.6) is 0 Å². The van der Waals surface area contributed by atoms with Crippen molar-refractivity contribution in [2.24, 2.45) is 5.92 Å². The highest BCUT2D eigenvalue weighted by Gasteiger charge is 2.25. The van der Waals surface area contributed by atoms with Crippen molar-refractivity contribution in [2.75, 3.05) is 40.8 Å². The molecule has 0 N–H and O–H groups in total. The van der Waals surface area contributed by atoms with Crippen LogP contribution in [0.2, 0.25) is 0 Å². The first-order chi connectivity index (χ1) is 7.50. The number of likely N-dealkylation sites (tertiary alicyclic amines) is 1. The van der Waals surface area contributed by atoms with Crippen molar-refractivity contribution < 1.29 is 14.3 Å². The van der Waals surface area contributed by atoms with Crippen molar-refractivity contribution in [1.82, 2.24) is 9.80 Å². The van der Waals surface area contributed by atoms with Crippen molar-refractivity contribution in [2.45, 2.75) is 12.8 Å². The summed E-state index contributed by atoms with van der Waals surface area (Å²) in [7, 11) is 5.33. The minimum Gasteiger partial charge on any atom is -0.455 e. The van der Waals surface area contributed by atoms with Gasteiger partial charge >= 0.3 is 5.97 Å². The van der Waals surface area contributed by atoms with Crippen LogP contribution in [-0.4, -0.2) is 62.5 Å². The SMILES string of the molecule is CN1CCC(C(=O)OCC(=O)N(C)C)CC1. The van der Waals surface area contributed by atoms with E-state index in [2.05, 4.69) is 4.90 Å². The van der Waals surface area contributed by atoms with E-state index in [4.69, 9.17) is 4.74 Å². The van der Waals surface area contributed by atoms with E-state index >= 15 is 0 Å². The van der Waals surface area contributed by atoms with E-state index in [-0.39, 0.29) is 24.4 Å². The van der Waals surface area contributed by atoms with Crippen molar-refractivity contribution in [3.63, 3.8) is 0 Å².